The van der Waals surface area contributed by atoms with E-state index in [4.69, 9.17) is 15.1 Å². The second-order valence-corrected chi connectivity index (χ2v) is 9.79. The van der Waals surface area contributed by atoms with E-state index in [1.54, 1.807) is 12.3 Å². The molecule has 3 nitrogen and oxygen atoms in total. The molecule has 34 heavy (non-hydrogen) atoms. The molecule has 0 atom stereocenters. The lowest BCUT2D eigenvalue weighted by atomic mass is 9.88. The van der Waals surface area contributed by atoms with E-state index in [1.165, 1.54) is 0 Å². The summed E-state index contributed by atoms with van der Waals surface area (Å²) in [6, 6.07) is 19.7. The molecule has 0 saturated carbocycles. The first-order valence-electron chi connectivity index (χ1n) is 12.9. The van der Waals surface area contributed by atoms with Crippen molar-refractivity contribution in [1.29, 1.82) is 0 Å². The van der Waals surface area contributed by atoms with Crippen LogP contribution in [0, 0.1) is 18.9 Å². The molecule has 0 fully saturated rings. The fourth-order valence-electron chi connectivity index (χ4n) is 4.48. The predicted octanol–water partition coefficient (Wildman–Crippen LogP) is 8.19. The maximum absolute atomic E-state index is 8.85. The summed E-state index contributed by atoms with van der Waals surface area (Å²) in [7, 11) is 1.87. The Morgan fingerprint density at radius 2 is 1.79 bits per heavy atom. The van der Waals surface area contributed by atoms with Gasteiger partial charge in [-0.1, -0.05) is 63.2 Å². The zero-order valence-corrected chi connectivity index (χ0v) is 20.2. The van der Waals surface area contributed by atoms with Crippen molar-refractivity contribution in [2.75, 3.05) is 0 Å². The highest BCUT2D eigenvalue weighted by Gasteiger charge is 2.23. The van der Waals surface area contributed by atoms with Crippen molar-refractivity contribution in [1.82, 2.24) is 0 Å². The first kappa shape index (κ1) is 18.5. The number of hydrogen-bond donors (Lipinski definition) is 0. The van der Waals surface area contributed by atoms with Crippen LogP contribution in [0.3, 0.4) is 0 Å². The summed E-state index contributed by atoms with van der Waals surface area (Å²) in [6.45, 7) is 15.2. The molecule has 0 aliphatic carbocycles. The molecule has 5 rings (SSSR count). The van der Waals surface area contributed by atoms with Crippen molar-refractivity contribution in [3.63, 3.8) is 0 Å². The van der Waals surface area contributed by atoms with Crippen molar-refractivity contribution in [3.05, 3.63) is 95.4 Å². The molecule has 2 aromatic heterocycles. The molecule has 0 unspecified atom stereocenters. The zero-order valence-electron chi connectivity index (χ0n) is 23.2. The number of fused-ring (bicyclic) bond motifs is 3. The molecular formula is C31H29N2O+. The van der Waals surface area contributed by atoms with Crippen molar-refractivity contribution in [3.8, 4) is 22.4 Å². The Balaban J connectivity index is 1.87. The summed E-state index contributed by atoms with van der Waals surface area (Å²) < 4.78 is 34.8. The van der Waals surface area contributed by atoms with Crippen molar-refractivity contribution in [2.45, 2.75) is 34.1 Å². The third-order valence-electron chi connectivity index (χ3n) is 5.99. The third kappa shape index (κ3) is 3.86. The van der Waals surface area contributed by atoms with Crippen molar-refractivity contribution in [2.24, 2.45) is 12.5 Å². The van der Waals surface area contributed by atoms with Crippen LogP contribution in [0.5, 0.6) is 0 Å². The van der Waals surface area contributed by atoms with E-state index < -0.39 is 11.8 Å². The molecule has 0 saturated heterocycles. The van der Waals surface area contributed by atoms with Crippen molar-refractivity contribution < 1.29 is 13.1 Å². The van der Waals surface area contributed by atoms with Gasteiger partial charge in [0.25, 0.3) is 0 Å². The van der Waals surface area contributed by atoms with E-state index in [1.807, 2.05) is 93.9 Å². The van der Waals surface area contributed by atoms with Crippen LogP contribution in [0.2, 0.25) is 0 Å². The lowest BCUT2D eigenvalue weighted by Gasteiger charge is -2.18. The van der Waals surface area contributed by atoms with Gasteiger partial charge in [-0.2, -0.15) is 0 Å². The van der Waals surface area contributed by atoms with E-state index in [-0.39, 0.29) is 6.04 Å². The number of pyridine rings is 1. The van der Waals surface area contributed by atoms with Crippen LogP contribution in [0.25, 0.3) is 49.2 Å². The second-order valence-electron chi connectivity index (χ2n) is 9.79. The van der Waals surface area contributed by atoms with Crippen molar-refractivity contribution >= 4 is 27.6 Å². The second kappa shape index (κ2) is 8.15. The van der Waals surface area contributed by atoms with Gasteiger partial charge in [0.15, 0.2) is 11.9 Å². The molecule has 0 aliphatic heterocycles. The number of hydrogen-bond acceptors (Lipinski definition) is 1. The van der Waals surface area contributed by atoms with Crippen LogP contribution in [0.1, 0.15) is 36.0 Å². The third-order valence-corrected chi connectivity index (χ3v) is 5.99. The van der Waals surface area contributed by atoms with E-state index in [2.05, 4.69) is 4.85 Å². The molecule has 3 heteroatoms. The molecule has 0 bridgehead atoms. The summed E-state index contributed by atoms with van der Waals surface area (Å²) >= 11 is 0. The van der Waals surface area contributed by atoms with E-state index >= 15 is 0 Å². The van der Waals surface area contributed by atoms with Gasteiger partial charge < -0.3 is 4.42 Å². The minimum Gasteiger partial charge on any atom is -0.455 e. The van der Waals surface area contributed by atoms with E-state index in [0.717, 1.165) is 38.7 Å². The normalized spacial score (nSPS) is 13.5. The van der Waals surface area contributed by atoms with Crippen LogP contribution >= 0.6 is 0 Å². The lowest BCUT2D eigenvalue weighted by molar-refractivity contribution is -0.660. The SMILES string of the molecule is [2H]c1c[n+](C)c(-c2c(C)ccc3c2oc2c(-c4ccccc4)cc([N+]#[C-])cc23)cc1C([2H])([2H])C(C)(C)C. The van der Waals surface area contributed by atoms with Crippen LogP contribution < -0.4 is 4.57 Å². The average Bonchev–Trinajstić information content (AvgIpc) is 3.22. The Labute approximate surface area is 205 Å². The summed E-state index contributed by atoms with van der Waals surface area (Å²) in [4.78, 5) is 3.72. The number of aryl methyl sites for hydroxylation is 2. The van der Waals surface area contributed by atoms with Gasteiger partial charge in [0.1, 0.15) is 18.2 Å². The molecule has 2 heterocycles. The summed E-state index contributed by atoms with van der Waals surface area (Å²) in [6.07, 6.45) is -0.0462. The highest BCUT2D eigenvalue weighted by atomic mass is 16.3. The quantitative estimate of drug-likeness (QED) is 0.201. The van der Waals surface area contributed by atoms with Gasteiger partial charge in [0.2, 0.25) is 5.69 Å². The Morgan fingerprint density at radius 1 is 1.03 bits per heavy atom. The molecule has 0 aliphatic rings. The largest absolute Gasteiger partial charge is 0.455 e. The molecule has 0 amide bonds. The van der Waals surface area contributed by atoms with Gasteiger partial charge in [-0.3, -0.25) is 0 Å². The molecule has 0 N–H and O–H groups in total. The van der Waals surface area contributed by atoms with Crippen LogP contribution in [0.15, 0.2) is 77.3 Å². The molecule has 3 aromatic carbocycles. The number of furan rings is 1. The number of aromatic nitrogens is 1. The summed E-state index contributed by atoms with van der Waals surface area (Å²) in [5.41, 5.74) is 6.03. The summed E-state index contributed by atoms with van der Waals surface area (Å²) in [5.74, 6) is 0. The maximum atomic E-state index is 8.85. The van der Waals surface area contributed by atoms with Gasteiger partial charge >= 0.3 is 0 Å². The Bertz CT molecular complexity index is 1720. The number of rotatable bonds is 3. The lowest BCUT2D eigenvalue weighted by Crippen LogP contribution is -2.31. The van der Waals surface area contributed by atoms with E-state index in [0.29, 0.717) is 22.4 Å². The maximum Gasteiger partial charge on any atom is 0.216 e. The van der Waals surface area contributed by atoms with Crippen LogP contribution in [0.4, 0.5) is 5.69 Å². The van der Waals surface area contributed by atoms with E-state index in [9.17, 15) is 0 Å². The first-order valence-corrected chi connectivity index (χ1v) is 11.4. The Hall–Kier alpha value is -3.90. The molecule has 0 radical (unpaired) electrons. The van der Waals surface area contributed by atoms with Gasteiger partial charge in [-0.05, 0) is 47.5 Å². The molecular weight excluding hydrogens is 416 g/mol. The molecule has 168 valence electrons. The average molecular weight is 449 g/mol. The fraction of sp³-hybridized carbons (Fsp3) is 0.226. The molecule has 5 aromatic rings. The Morgan fingerprint density at radius 3 is 2.50 bits per heavy atom. The van der Waals surface area contributed by atoms with Gasteiger partial charge in [-0.25, -0.2) is 9.41 Å². The highest BCUT2D eigenvalue weighted by molar-refractivity contribution is 6.14. The van der Waals surface area contributed by atoms with Gasteiger partial charge in [-0.15, -0.1) is 0 Å². The first-order chi connectivity index (χ1) is 17.4. The predicted molar refractivity (Wildman–Crippen MR) is 140 cm³/mol. The minimum absolute atomic E-state index is 0.161. The number of benzene rings is 3. The summed E-state index contributed by atoms with van der Waals surface area (Å²) in [5, 5.41) is 1.77. The van der Waals surface area contributed by atoms with Crippen LogP contribution in [-0.2, 0) is 13.4 Å². The van der Waals surface area contributed by atoms with Crippen LogP contribution in [-0.4, -0.2) is 0 Å². The number of nitrogens with zero attached hydrogens (tertiary/aromatic N) is 2. The van der Waals surface area contributed by atoms with Gasteiger partial charge in [0.05, 0.1) is 13.5 Å². The Kier molecular flexibility index (Phi) is 4.44. The fourth-order valence-corrected chi connectivity index (χ4v) is 4.48. The zero-order chi connectivity index (χ0) is 26.7. The standard InChI is InChI=1S/C31H29N2O/c1-20-12-13-24-26-18-23(32-5)17-25(22-10-8-7-9-11-22)29(26)34-30(24)28(20)27-16-21(14-15-33(27)6)19-31(2,3)4/h7-18H,19H2,1-4,6H3/q+1/i14D,19D2. The minimum atomic E-state index is -1.71. The molecule has 0 spiro atoms. The highest BCUT2D eigenvalue weighted by Crippen LogP contribution is 2.42. The monoisotopic (exact) mass is 448 g/mol. The van der Waals surface area contributed by atoms with Gasteiger partial charge in [0, 0.05) is 31.2 Å². The smallest absolute Gasteiger partial charge is 0.216 e. The topological polar surface area (TPSA) is 21.4 Å².